The Kier molecular flexibility index (Phi) is 4.39. The van der Waals surface area contributed by atoms with Crippen molar-refractivity contribution >= 4 is 29.0 Å². The topological polar surface area (TPSA) is 55.8 Å². The number of ether oxygens (including phenoxy) is 2. The van der Waals surface area contributed by atoms with E-state index in [0.717, 1.165) is 0 Å². The molecule has 1 aromatic rings. The van der Waals surface area contributed by atoms with Gasteiger partial charge in [0.1, 0.15) is 5.75 Å². The van der Waals surface area contributed by atoms with Gasteiger partial charge in [-0.05, 0) is 18.2 Å². The Morgan fingerprint density at radius 2 is 2.05 bits per heavy atom. The summed E-state index contributed by atoms with van der Waals surface area (Å²) in [5, 5.41) is 0. The fraction of sp³-hybridized carbons (Fsp3) is 0.385. The largest absolute Gasteiger partial charge is 0.497 e. The molecule has 1 heterocycles. The predicted molar refractivity (Wildman–Crippen MR) is 71.2 cm³/mol. The van der Waals surface area contributed by atoms with Gasteiger partial charge in [-0.15, -0.1) is 11.6 Å². The van der Waals surface area contributed by atoms with Crippen LogP contribution in [-0.2, 0) is 9.53 Å². The van der Waals surface area contributed by atoms with E-state index in [-0.39, 0.29) is 0 Å². The summed E-state index contributed by atoms with van der Waals surface area (Å²) in [6.07, 6.45) is 0. The zero-order chi connectivity index (χ0) is 13.8. The van der Waals surface area contributed by atoms with Gasteiger partial charge < -0.3 is 14.4 Å². The molecule has 0 aromatic heterocycles. The van der Waals surface area contributed by atoms with Crippen molar-refractivity contribution in [3.05, 3.63) is 23.8 Å². The lowest BCUT2D eigenvalue weighted by atomic mass is 10.1. The van der Waals surface area contributed by atoms with Gasteiger partial charge in [-0.1, -0.05) is 0 Å². The molecule has 0 fully saturated rings. The van der Waals surface area contributed by atoms with E-state index in [9.17, 15) is 9.59 Å². The number of amides is 1. The average molecular weight is 284 g/mol. The molecule has 1 aliphatic rings. The van der Waals surface area contributed by atoms with Gasteiger partial charge >= 0.3 is 0 Å². The number of anilines is 1. The van der Waals surface area contributed by atoms with Crippen LogP contribution in [0.5, 0.6) is 5.75 Å². The van der Waals surface area contributed by atoms with Gasteiger partial charge in [0, 0.05) is 12.4 Å². The summed E-state index contributed by atoms with van der Waals surface area (Å²) in [6.45, 7) is 1.10. The van der Waals surface area contributed by atoms with E-state index in [1.54, 1.807) is 18.2 Å². The number of ketones is 1. The second kappa shape index (κ2) is 6.04. The van der Waals surface area contributed by atoms with Crippen LogP contribution >= 0.6 is 11.6 Å². The number of hydrogen-bond acceptors (Lipinski definition) is 4. The first-order valence-electron chi connectivity index (χ1n) is 5.87. The number of benzene rings is 1. The molecule has 1 aromatic carbocycles. The second-order valence-corrected chi connectivity index (χ2v) is 4.35. The van der Waals surface area contributed by atoms with Gasteiger partial charge in [-0.2, -0.15) is 0 Å². The van der Waals surface area contributed by atoms with Crippen LogP contribution in [0.1, 0.15) is 10.4 Å². The number of halogens is 1. The number of carbonyl (C=O) groups excluding carboxylic acids is 2. The molecule has 0 radical (unpaired) electrons. The molecular formula is C13H14ClNO4. The third-order valence-electron chi connectivity index (χ3n) is 2.86. The van der Waals surface area contributed by atoms with E-state index < -0.39 is 11.7 Å². The van der Waals surface area contributed by atoms with Crippen LogP contribution in [0.4, 0.5) is 5.69 Å². The number of carbonyl (C=O) groups is 2. The molecule has 0 unspecified atom stereocenters. The highest BCUT2D eigenvalue weighted by Gasteiger charge is 2.35. The second-order valence-electron chi connectivity index (χ2n) is 3.97. The van der Waals surface area contributed by atoms with Gasteiger partial charge in [-0.3, -0.25) is 9.59 Å². The first kappa shape index (κ1) is 13.8. The van der Waals surface area contributed by atoms with Crippen molar-refractivity contribution in [2.45, 2.75) is 0 Å². The number of nitrogens with zero attached hydrogens (tertiary/aromatic N) is 1. The van der Waals surface area contributed by atoms with E-state index in [1.165, 1.54) is 12.0 Å². The van der Waals surface area contributed by atoms with Crippen LogP contribution in [0.15, 0.2) is 18.2 Å². The van der Waals surface area contributed by atoms with E-state index in [2.05, 4.69) is 0 Å². The maximum absolute atomic E-state index is 11.9. The maximum atomic E-state index is 11.9. The van der Waals surface area contributed by atoms with E-state index in [1.807, 2.05) is 0 Å². The van der Waals surface area contributed by atoms with Crippen LogP contribution in [-0.4, -0.2) is 44.4 Å². The SMILES string of the molecule is COc1ccc2c(c1)C(=O)C(=O)N2CCOCCCl. The average Bonchev–Trinajstić information content (AvgIpc) is 2.67. The molecule has 0 bridgehead atoms. The number of fused-ring (bicyclic) bond motifs is 1. The van der Waals surface area contributed by atoms with Crippen LogP contribution in [0.25, 0.3) is 0 Å². The van der Waals surface area contributed by atoms with Gasteiger partial charge in [-0.25, -0.2) is 0 Å². The summed E-state index contributed by atoms with van der Waals surface area (Å²) >= 11 is 5.49. The molecule has 5 nitrogen and oxygen atoms in total. The molecule has 0 saturated carbocycles. The number of Topliss-reactive ketones (excluding diaryl/α,β-unsaturated/α-hetero) is 1. The minimum Gasteiger partial charge on any atom is -0.497 e. The molecule has 0 aliphatic carbocycles. The molecule has 6 heteroatoms. The lowest BCUT2D eigenvalue weighted by Gasteiger charge is -2.16. The lowest BCUT2D eigenvalue weighted by Crippen LogP contribution is -2.33. The number of rotatable bonds is 6. The van der Waals surface area contributed by atoms with Gasteiger partial charge in [0.05, 0.1) is 31.6 Å². The minimum absolute atomic E-state index is 0.334. The Hall–Kier alpha value is -1.59. The normalized spacial score (nSPS) is 13.9. The number of methoxy groups -OCH3 is 1. The highest BCUT2D eigenvalue weighted by atomic mass is 35.5. The van der Waals surface area contributed by atoms with E-state index >= 15 is 0 Å². The van der Waals surface area contributed by atoms with Crippen molar-refractivity contribution in [2.24, 2.45) is 0 Å². The molecule has 1 amide bonds. The molecule has 0 saturated heterocycles. The lowest BCUT2D eigenvalue weighted by molar-refractivity contribution is -0.114. The van der Waals surface area contributed by atoms with Crippen LogP contribution < -0.4 is 9.64 Å². The fourth-order valence-corrected chi connectivity index (χ4v) is 2.05. The van der Waals surface area contributed by atoms with Crippen LogP contribution in [0, 0.1) is 0 Å². The van der Waals surface area contributed by atoms with Crippen molar-refractivity contribution in [3.63, 3.8) is 0 Å². The predicted octanol–water partition coefficient (Wildman–Crippen LogP) is 1.48. The van der Waals surface area contributed by atoms with E-state index in [0.29, 0.717) is 42.6 Å². The smallest absolute Gasteiger partial charge is 0.299 e. The standard InChI is InChI=1S/C13H14ClNO4/c1-18-9-2-3-11-10(8-9)12(16)13(17)15(11)5-7-19-6-4-14/h2-3,8H,4-7H2,1H3. The summed E-state index contributed by atoms with van der Waals surface area (Å²) in [5.41, 5.74) is 0.979. The first-order chi connectivity index (χ1) is 9.19. The molecule has 19 heavy (non-hydrogen) atoms. The summed E-state index contributed by atoms with van der Waals surface area (Å²) in [5.74, 6) is -0.0789. The third-order valence-corrected chi connectivity index (χ3v) is 3.01. The Morgan fingerprint density at radius 3 is 2.74 bits per heavy atom. The fourth-order valence-electron chi connectivity index (χ4n) is 1.94. The monoisotopic (exact) mass is 283 g/mol. The highest BCUT2D eigenvalue weighted by molar-refractivity contribution is 6.52. The number of hydrogen-bond donors (Lipinski definition) is 0. The zero-order valence-electron chi connectivity index (χ0n) is 10.5. The van der Waals surface area contributed by atoms with Crippen LogP contribution in [0.3, 0.4) is 0 Å². The molecule has 0 N–H and O–H groups in total. The van der Waals surface area contributed by atoms with E-state index in [4.69, 9.17) is 21.1 Å². The third kappa shape index (κ3) is 2.72. The van der Waals surface area contributed by atoms with Crippen LogP contribution in [0.2, 0.25) is 0 Å². The molecule has 0 spiro atoms. The zero-order valence-corrected chi connectivity index (χ0v) is 11.3. The van der Waals surface area contributed by atoms with Gasteiger partial charge in [0.25, 0.3) is 11.7 Å². The van der Waals surface area contributed by atoms with Crippen molar-refractivity contribution in [2.75, 3.05) is 37.6 Å². The Balaban J connectivity index is 2.15. The summed E-state index contributed by atoms with van der Waals surface area (Å²) in [4.78, 5) is 25.2. The molecule has 2 rings (SSSR count). The Morgan fingerprint density at radius 1 is 1.26 bits per heavy atom. The van der Waals surface area contributed by atoms with Crippen molar-refractivity contribution in [1.29, 1.82) is 0 Å². The maximum Gasteiger partial charge on any atom is 0.299 e. The molecular weight excluding hydrogens is 270 g/mol. The van der Waals surface area contributed by atoms with Gasteiger partial charge in [0.2, 0.25) is 0 Å². The first-order valence-corrected chi connectivity index (χ1v) is 6.40. The van der Waals surface area contributed by atoms with Gasteiger partial charge in [0.15, 0.2) is 0 Å². The molecule has 0 atom stereocenters. The minimum atomic E-state index is -0.530. The van der Waals surface area contributed by atoms with Crippen molar-refractivity contribution < 1.29 is 19.1 Å². The Bertz CT molecular complexity index is 503. The summed E-state index contributed by atoms with van der Waals surface area (Å²) in [7, 11) is 1.51. The Labute approximate surface area is 116 Å². The summed E-state index contributed by atoms with van der Waals surface area (Å²) < 4.78 is 10.3. The molecule has 102 valence electrons. The van der Waals surface area contributed by atoms with Crippen molar-refractivity contribution in [3.8, 4) is 5.75 Å². The quantitative estimate of drug-likeness (QED) is 0.451. The highest BCUT2D eigenvalue weighted by Crippen LogP contribution is 2.31. The summed E-state index contributed by atoms with van der Waals surface area (Å²) in [6, 6.07) is 5.00. The van der Waals surface area contributed by atoms with Crippen molar-refractivity contribution in [1.82, 2.24) is 0 Å². The number of alkyl halides is 1. The molecule has 1 aliphatic heterocycles.